The molecule has 2 heterocycles. The zero-order chi connectivity index (χ0) is 20.1. The summed E-state index contributed by atoms with van der Waals surface area (Å²) >= 11 is 0. The number of nitrogens with one attached hydrogen (secondary N) is 1. The molecule has 3 rings (SSSR count). The Hall–Kier alpha value is -3.29. The molecule has 1 aromatic carbocycles. The first-order chi connectivity index (χ1) is 13.5. The quantitative estimate of drug-likeness (QED) is 0.617. The molecule has 0 unspecified atom stereocenters. The molecule has 28 heavy (non-hydrogen) atoms. The standard InChI is InChI=1S/C20H24N6O2/c1-5-6-12-16-13(2)21-20(22-18(16)28-4)26-19(27)17(14(3)25-26)24-23-15-10-8-7-9-11-15/h7-11,25H,5-6,12H2,1-4H3. The number of methoxy groups -OCH3 is 1. The summed E-state index contributed by atoms with van der Waals surface area (Å²) in [5.41, 5.74) is 2.87. The summed E-state index contributed by atoms with van der Waals surface area (Å²) in [4.78, 5) is 21.8. The van der Waals surface area contributed by atoms with Gasteiger partial charge in [0, 0.05) is 11.3 Å². The third-order valence-corrected chi connectivity index (χ3v) is 4.40. The highest BCUT2D eigenvalue weighted by Crippen LogP contribution is 2.23. The van der Waals surface area contributed by atoms with Crippen molar-refractivity contribution in [2.75, 3.05) is 7.11 Å². The van der Waals surface area contributed by atoms with Gasteiger partial charge in [0.1, 0.15) is 0 Å². The zero-order valence-electron chi connectivity index (χ0n) is 16.6. The van der Waals surface area contributed by atoms with E-state index in [9.17, 15) is 4.79 Å². The lowest BCUT2D eigenvalue weighted by molar-refractivity contribution is 0.388. The molecule has 0 aliphatic rings. The molecule has 3 aromatic rings. The normalized spacial score (nSPS) is 11.3. The smallest absolute Gasteiger partial charge is 0.301 e. The van der Waals surface area contributed by atoms with Crippen LogP contribution in [0.4, 0.5) is 11.4 Å². The fourth-order valence-electron chi connectivity index (χ4n) is 2.86. The second kappa shape index (κ2) is 8.60. The Morgan fingerprint density at radius 1 is 1.14 bits per heavy atom. The molecule has 8 heteroatoms. The largest absolute Gasteiger partial charge is 0.481 e. The molecule has 0 saturated carbocycles. The van der Waals surface area contributed by atoms with E-state index in [1.54, 1.807) is 14.0 Å². The first kappa shape index (κ1) is 19.5. The van der Waals surface area contributed by atoms with Crippen molar-refractivity contribution in [3.05, 3.63) is 57.6 Å². The average molecular weight is 380 g/mol. The van der Waals surface area contributed by atoms with Crippen LogP contribution in [0.2, 0.25) is 0 Å². The van der Waals surface area contributed by atoms with E-state index < -0.39 is 0 Å². The van der Waals surface area contributed by atoms with Gasteiger partial charge in [0.2, 0.25) is 5.88 Å². The van der Waals surface area contributed by atoms with Gasteiger partial charge < -0.3 is 4.74 Å². The van der Waals surface area contributed by atoms with E-state index in [0.717, 1.165) is 30.5 Å². The van der Waals surface area contributed by atoms with E-state index >= 15 is 0 Å². The number of unbranched alkanes of at least 4 members (excludes halogenated alkanes) is 1. The van der Waals surface area contributed by atoms with Crippen molar-refractivity contribution in [3.63, 3.8) is 0 Å². The molecule has 0 atom stereocenters. The van der Waals surface area contributed by atoms with Crippen molar-refractivity contribution in [2.45, 2.75) is 40.0 Å². The summed E-state index contributed by atoms with van der Waals surface area (Å²) in [5, 5.41) is 11.2. The molecule has 0 fully saturated rings. The van der Waals surface area contributed by atoms with Crippen LogP contribution in [-0.2, 0) is 6.42 Å². The van der Waals surface area contributed by atoms with Gasteiger partial charge in [-0.2, -0.15) is 14.8 Å². The fourth-order valence-corrected chi connectivity index (χ4v) is 2.86. The van der Waals surface area contributed by atoms with Gasteiger partial charge >= 0.3 is 5.56 Å². The Morgan fingerprint density at radius 2 is 1.89 bits per heavy atom. The average Bonchev–Trinajstić information content (AvgIpc) is 2.99. The maximum Gasteiger partial charge on any atom is 0.301 e. The maximum atomic E-state index is 12.8. The molecule has 146 valence electrons. The number of H-pyrrole nitrogens is 1. The van der Waals surface area contributed by atoms with Crippen LogP contribution in [0.25, 0.3) is 5.95 Å². The van der Waals surface area contributed by atoms with Crippen molar-refractivity contribution in [1.29, 1.82) is 0 Å². The summed E-state index contributed by atoms with van der Waals surface area (Å²) in [6.45, 7) is 5.79. The van der Waals surface area contributed by atoms with Gasteiger partial charge in [-0.05, 0) is 38.8 Å². The lowest BCUT2D eigenvalue weighted by Gasteiger charge is -2.11. The second-order valence-corrected chi connectivity index (χ2v) is 6.46. The molecule has 2 aromatic heterocycles. The molecule has 0 bridgehead atoms. The molecule has 0 saturated heterocycles. The summed E-state index contributed by atoms with van der Waals surface area (Å²) in [6, 6.07) is 9.25. The number of rotatable bonds is 7. The third kappa shape index (κ3) is 4.00. The summed E-state index contributed by atoms with van der Waals surface area (Å²) in [5.74, 6) is 0.714. The Morgan fingerprint density at radius 3 is 2.57 bits per heavy atom. The van der Waals surface area contributed by atoms with Gasteiger partial charge in [0.05, 0.1) is 18.5 Å². The Balaban J connectivity index is 2.00. The first-order valence-electron chi connectivity index (χ1n) is 9.25. The minimum Gasteiger partial charge on any atom is -0.481 e. The van der Waals surface area contributed by atoms with Crippen LogP contribution < -0.4 is 10.3 Å². The molecule has 8 nitrogen and oxygen atoms in total. The van der Waals surface area contributed by atoms with Gasteiger partial charge in [-0.15, -0.1) is 5.11 Å². The van der Waals surface area contributed by atoms with E-state index in [0.29, 0.717) is 17.3 Å². The molecule has 1 N–H and O–H groups in total. The van der Waals surface area contributed by atoms with Crippen LogP contribution >= 0.6 is 0 Å². The van der Waals surface area contributed by atoms with E-state index in [1.165, 1.54) is 4.68 Å². The number of aromatic nitrogens is 4. The van der Waals surface area contributed by atoms with Crippen molar-refractivity contribution >= 4 is 11.4 Å². The van der Waals surface area contributed by atoms with E-state index in [1.807, 2.05) is 37.3 Å². The second-order valence-electron chi connectivity index (χ2n) is 6.46. The topological polar surface area (TPSA) is 97.5 Å². The van der Waals surface area contributed by atoms with E-state index in [-0.39, 0.29) is 17.2 Å². The van der Waals surface area contributed by atoms with E-state index in [2.05, 4.69) is 32.2 Å². The summed E-state index contributed by atoms with van der Waals surface area (Å²) < 4.78 is 6.72. The van der Waals surface area contributed by atoms with Crippen LogP contribution in [0.15, 0.2) is 45.4 Å². The highest BCUT2D eigenvalue weighted by atomic mass is 16.5. The monoisotopic (exact) mass is 380 g/mol. The summed E-state index contributed by atoms with van der Waals surface area (Å²) in [7, 11) is 1.57. The predicted molar refractivity (Wildman–Crippen MR) is 107 cm³/mol. The lowest BCUT2D eigenvalue weighted by Crippen LogP contribution is -2.18. The van der Waals surface area contributed by atoms with Crippen LogP contribution in [0.5, 0.6) is 5.88 Å². The van der Waals surface area contributed by atoms with Gasteiger partial charge in [-0.25, -0.2) is 4.98 Å². The van der Waals surface area contributed by atoms with Gasteiger partial charge in [-0.3, -0.25) is 9.89 Å². The molecule has 0 amide bonds. The molecule has 0 spiro atoms. The van der Waals surface area contributed by atoms with E-state index in [4.69, 9.17) is 4.74 Å². The zero-order valence-corrected chi connectivity index (χ0v) is 16.6. The highest BCUT2D eigenvalue weighted by Gasteiger charge is 2.18. The molecular weight excluding hydrogens is 356 g/mol. The van der Waals surface area contributed by atoms with Crippen molar-refractivity contribution in [3.8, 4) is 11.8 Å². The Bertz CT molecular complexity index is 1040. The molecule has 0 radical (unpaired) electrons. The fraction of sp³-hybridized carbons (Fsp3) is 0.350. The number of nitrogens with zero attached hydrogens (tertiary/aromatic N) is 5. The number of benzene rings is 1. The van der Waals surface area contributed by atoms with Crippen LogP contribution in [0.1, 0.15) is 36.7 Å². The minimum atomic E-state index is -0.361. The Kier molecular flexibility index (Phi) is 5.98. The van der Waals surface area contributed by atoms with Gasteiger partial charge in [0.15, 0.2) is 5.69 Å². The Labute approximate surface area is 163 Å². The maximum absolute atomic E-state index is 12.8. The summed E-state index contributed by atoms with van der Waals surface area (Å²) in [6.07, 6.45) is 2.92. The highest BCUT2D eigenvalue weighted by molar-refractivity contribution is 5.43. The number of hydrogen-bond donors (Lipinski definition) is 1. The number of ether oxygens (including phenoxy) is 1. The predicted octanol–water partition coefficient (Wildman–Crippen LogP) is 4.34. The van der Waals surface area contributed by atoms with Crippen molar-refractivity contribution in [1.82, 2.24) is 19.7 Å². The van der Waals surface area contributed by atoms with Crippen LogP contribution in [-0.4, -0.2) is 26.9 Å². The molecule has 0 aliphatic carbocycles. The third-order valence-electron chi connectivity index (χ3n) is 4.40. The van der Waals surface area contributed by atoms with Crippen molar-refractivity contribution in [2.24, 2.45) is 10.2 Å². The van der Waals surface area contributed by atoms with Gasteiger partial charge in [0.25, 0.3) is 5.95 Å². The van der Waals surface area contributed by atoms with Gasteiger partial charge in [-0.1, -0.05) is 31.5 Å². The molecular formula is C20H24N6O2. The van der Waals surface area contributed by atoms with Crippen molar-refractivity contribution < 1.29 is 4.74 Å². The van der Waals surface area contributed by atoms with Crippen LogP contribution in [0, 0.1) is 13.8 Å². The number of hydrogen-bond acceptors (Lipinski definition) is 6. The first-order valence-corrected chi connectivity index (χ1v) is 9.25. The van der Waals surface area contributed by atoms with Crippen LogP contribution in [0.3, 0.4) is 0 Å². The number of aryl methyl sites for hydroxylation is 2. The number of azo groups is 1. The lowest BCUT2D eigenvalue weighted by atomic mass is 10.1. The number of aromatic amines is 1. The SMILES string of the molecule is CCCCc1c(C)nc(-n2[nH]c(C)c(N=Nc3ccccc3)c2=O)nc1OC. The minimum absolute atomic E-state index is 0.221. The molecule has 0 aliphatic heterocycles.